The topological polar surface area (TPSA) is 311 Å². The molecule has 4 unspecified atom stereocenters. The van der Waals surface area contributed by atoms with Crippen LogP contribution >= 0.6 is 0 Å². The number of carboxylic acid groups (broad SMARTS) is 4. The van der Waals surface area contributed by atoms with Crippen LogP contribution in [0.1, 0.15) is 357 Å². The standard InChI is InChI=1S/4C24H40O4.C21H16/c4*1-14(4-9-22(27)28)18-7-8-19-17-6-5-15-12-16(25)10-11-23(15,2)20(17)13-21(26)24(18,19)3;1-13-6-7-15-12-20-17-5-3-2-4-14(17)8-9-18(20)19-11-10-16(13)21(15)19/h4*14-21,25-26H,4-13H2,1-3H3,(H,27,28);2-9,12H,10-11H2,1H3/t4*14-,15-,16-,17+,18-,19+,20?,21+,23+,24-;/m1111./s1. The van der Waals surface area contributed by atoms with Gasteiger partial charge in [-0.15, -0.1) is 0 Å². The van der Waals surface area contributed by atoms with E-state index in [1.165, 1.54) is 128 Å². The Morgan fingerprint density at radius 1 is 0.308 bits per heavy atom. The van der Waals surface area contributed by atoms with Gasteiger partial charge in [-0.05, 0) is 491 Å². The maximum atomic E-state index is 11.5. The highest BCUT2D eigenvalue weighted by Gasteiger charge is 2.70. The van der Waals surface area contributed by atoms with Crippen molar-refractivity contribution in [2.75, 3.05) is 0 Å². The van der Waals surface area contributed by atoms with Gasteiger partial charge in [-0.1, -0.05) is 132 Å². The Hall–Kier alpha value is -4.78. The van der Waals surface area contributed by atoms with E-state index in [1.54, 1.807) is 11.1 Å². The molecule has 0 spiro atoms. The minimum atomic E-state index is -0.707. The monoisotopic (exact) mass is 1840 g/mol. The molecule has 0 amide bonds. The van der Waals surface area contributed by atoms with Gasteiger partial charge in [-0.3, -0.25) is 19.2 Å². The highest BCUT2D eigenvalue weighted by Crippen LogP contribution is 2.74. The normalized spacial score (nSPS) is 45.7. The average molecular weight is 1840 g/mol. The van der Waals surface area contributed by atoms with E-state index in [-0.39, 0.29) is 118 Å². The number of hydrogen-bond donors (Lipinski definition) is 12. The van der Waals surface area contributed by atoms with Crippen molar-refractivity contribution >= 4 is 56.2 Å². The Balaban J connectivity index is 0.000000116. The molecule has 17 aliphatic carbocycles. The van der Waals surface area contributed by atoms with Crippen LogP contribution in [0.25, 0.3) is 32.3 Å². The summed E-state index contributed by atoms with van der Waals surface area (Å²) >= 11 is 0. The van der Waals surface area contributed by atoms with Crippen molar-refractivity contribution in [3.63, 3.8) is 0 Å². The summed E-state index contributed by atoms with van der Waals surface area (Å²) in [4.78, 5) is 44.2. The van der Waals surface area contributed by atoms with Crippen LogP contribution in [0.3, 0.4) is 0 Å². The van der Waals surface area contributed by atoms with Crippen LogP contribution in [0.15, 0.2) is 54.6 Å². The number of benzene rings is 4. The lowest BCUT2D eigenvalue weighted by Crippen LogP contribution is -2.58. The molecule has 0 heterocycles. The number of aliphatic carboxylic acids is 4. The zero-order valence-corrected chi connectivity index (χ0v) is 83.9. The zero-order valence-electron chi connectivity index (χ0n) is 83.9. The summed E-state index contributed by atoms with van der Waals surface area (Å²) in [7, 11) is 0. The number of carbonyl (C=O) groups is 4. The second kappa shape index (κ2) is 38.6. The van der Waals surface area contributed by atoms with Crippen molar-refractivity contribution in [1.82, 2.24) is 0 Å². The second-order valence-corrected chi connectivity index (χ2v) is 51.4. The molecule has 0 aromatic heterocycles. The lowest BCUT2D eigenvalue weighted by molar-refractivity contribution is -0.175. The molecule has 16 saturated carbocycles. The maximum absolute atomic E-state index is 11.5. The fraction of sp³-hybridized carbons (Fsp3) is 0.812. The lowest BCUT2D eigenvalue weighted by Gasteiger charge is -2.62. The summed E-state index contributed by atoms with van der Waals surface area (Å²) in [5.41, 5.74) is 5.44. The molecule has 0 saturated heterocycles. The molecule has 0 bridgehead atoms. The van der Waals surface area contributed by atoms with E-state index < -0.39 is 23.9 Å². The van der Waals surface area contributed by atoms with Crippen LogP contribution in [0.2, 0.25) is 0 Å². The zero-order chi connectivity index (χ0) is 95.0. The summed E-state index contributed by atoms with van der Waals surface area (Å²) in [6, 6.07) is 20.3. The fourth-order valence-corrected chi connectivity index (χ4v) is 38.9. The Labute approximate surface area is 797 Å². The predicted molar refractivity (Wildman–Crippen MR) is 526 cm³/mol. The Kier molecular flexibility index (Phi) is 28.9. The summed E-state index contributed by atoms with van der Waals surface area (Å²) in [6.07, 6.45) is 39.4. The summed E-state index contributed by atoms with van der Waals surface area (Å²) in [6.45, 7) is 30.2. The molecular formula is C117H176O16. The van der Waals surface area contributed by atoms with Crippen molar-refractivity contribution in [1.29, 1.82) is 0 Å². The number of carboxylic acids is 4. The molecule has 12 N–H and O–H groups in total. The summed E-state index contributed by atoms with van der Waals surface area (Å²) in [5.74, 6) is 10.2. The third-order valence-electron chi connectivity index (χ3n) is 46.4. The van der Waals surface area contributed by atoms with Gasteiger partial charge in [0.2, 0.25) is 0 Å². The van der Waals surface area contributed by atoms with Gasteiger partial charge in [0.15, 0.2) is 0 Å². The van der Waals surface area contributed by atoms with E-state index in [0.717, 1.165) is 154 Å². The third kappa shape index (κ3) is 17.5. The molecule has 0 aliphatic heterocycles. The van der Waals surface area contributed by atoms with Gasteiger partial charge in [-0.2, -0.15) is 0 Å². The molecule has 0 radical (unpaired) electrons. The number of hydrogen-bond acceptors (Lipinski definition) is 12. The van der Waals surface area contributed by atoms with Crippen molar-refractivity contribution in [2.45, 2.75) is 409 Å². The molecule has 17 aliphatic rings. The first kappa shape index (κ1) is 99.8. The van der Waals surface area contributed by atoms with Gasteiger partial charge in [-0.25, -0.2) is 0 Å². The van der Waals surface area contributed by atoms with Crippen molar-refractivity contribution in [2.24, 2.45) is 185 Å². The van der Waals surface area contributed by atoms with Gasteiger partial charge in [0, 0.05) is 25.7 Å². The van der Waals surface area contributed by atoms with Gasteiger partial charge in [0.1, 0.15) is 0 Å². The molecule has 133 heavy (non-hydrogen) atoms. The Morgan fingerprint density at radius 2 is 0.594 bits per heavy atom. The average Bonchev–Trinajstić information content (AvgIpc) is 1.62. The van der Waals surface area contributed by atoms with Crippen LogP contribution < -0.4 is 0 Å². The molecule has 21 rings (SSSR count). The van der Waals surface area contributed by atoms with Crippen molar-refractivity contribution in [3.8, 4) is 0 Å². The molecule has 4 aromatic carbocycles. The number of aliphatic hydroxyl groups excluding tert-OH is 8. The number of rotatable bonds is 16. The molecule has 16 nitrogen and oxygen atoms in total. The van der Waals surface area contributed by atoms with E-state index in [1.807, 2.05) is 0 Å². The van der Waals surface area contributed by atoms with E-state index >= 15 is 0 Å². The van der Waals surface area contributed by atoms with Crippen LogP contribution in [0.5, 0.6) is 0 Å². The van der Waals surface area contributed by atoms with Crippen LogP contribution in [0.4, 0.5) is 0 Å². The quantitative estimate of drug-likeness (QED) is 0.0366. The van der Waals surface area contributed by atoms with E-state index in [0.29, 0.717) is 142 Å². The predicted octanol–water partition coefficient (Wildman–Crippen LogP) is 23.5. The first-order valence-corrected chi connectivity index (χ1v) is 54.7. The van der Waals surface area contributed by atoms with Gasteiger partial charge >= 0.3 is 23.9 Å². The minimum absolute atomic E-state index is 0.0591. The summed E-state index contributed by atoms with van der Waals surface area (Å²) in [5, 5.41) is 132. The van der Waals surface area contributed by atoms with E-state index in [9.17, 15) is 60.0 Å². The first-order valence-electron chi connectivity index (χ1n) is 54.7. The van der Waals surface area contributed by atoms with Crippen LogP contribution in [-0.4, -0.2) is 134 Å². The summed E-state index contributed by atoms with van der Waals surface area (Å²) < 4.78 is 0. The molecule has 16 heteroatoms. The lowest BCUT2D eigenvalue weighted by atomic mass is 9.43. The highest BCUT2D eigenvalue weighted by atomic mass is 16.4. The smallest absolute Gasteiger partial charge is 0.303 e. The number of aliphatic hydroxyl groups is 8. The molecule has 40 atom stereocenters. The van der Waals surface area contributed by atoms with Gasteiger partial charge in [0.05, 0.1) is 48.8 Å². The highest BCUT2D eigenvalue weighted by molar-refractivity contribution is 6.15. The van der Waals surface area contributed by atoms with Crippen LogP contribution in [-0.2, 0) is 32.0 Å². The number of aryl methyl sites for hydroxylation is 3. The van der Waals surface area contributed by atoms with E-state index in [2.05, 4.69) is 145 Å². The third-order valence-corrected chi connectivity index (χ3v) is 46.4. The van der Waals surface area contributed by atoms with Gasteiger partial charge in [0.25, 0.3) is 0 Å². The van der Waals surface area contributed by atoms with Crippen molar-refractivity contribution in [3.05, 3.63) is 71.3 Å². The van der Waals surface area contributed by atoms with Crippen LogP contribution in [0, 0.1) is 192 Å². The number of fused-ring (bicyclic) bond motifs is 24. The van der Waals surface area contributed by atoms with Gasteiger partial charge < -0.3 is 61.3 Å². The fourth-order valence-electron chi connectivity index (χ4n) is 38.9. The maximum Gasteiger partial charge on any atom is 0.303 e. The molecular weight excluding hydrogens is 1660 g/mol. The van der Waals surface area contributed by atoms with Crippen molar-refractivity contribution < 1.29 is 80.5 Å². The SMILES string of the molecule is C[C@H](CCC(=O)O)[C@H]1CC[C@H]2[C@@H]3CC[C@@H]4C[C@H](O)CC[C@]4(C)C3C[C@H](O)[C@]12C.C[C@H](CCC(=O)O)[C@H]1CC[C@H]2[C@@H]3CC[C@@H]4C[C@H](O)CC[C@]4(C)C3C[C@H](O)[C@]12C.C[C@H](CCC(=O)O)[C@H]1CC[C@H]2[C@@H]3CC[C@@H]4C[C@H](O)CC[C@]4(C)C3C[C@H](O)[C@]12C.C[C@H](CCC(=O)O)[C@H]1CC[C@H]2[C@@H]3CC[C@@H]4C[C@H](O)CC[C@]4(C)C3C[C@H](O)[C@]12C.Cc1ccc2cc3c(ccc4ccccc43)c3c2c1CC3. The molecule has 4 aromatic rings. The van der Waals surface area contributed by atoms with E-state index in [4.69, 9.17) is 20.4 Å². The largest absolute Gasteiger partial charge is 0.481 e. The second-order valence-electron chi connectivity index (χ2n) is 51.4. The Morgan fingerprint density at radius 3 is 0.895 bits per heavy atom. The molecule has 740 valence electrons. The Bertz CT molecular complexity index is 4390. The first-order chi connectivity index (χ1) is 63.0. The minimum Gasteiger partial charge on any atom is -0.481 e. The molecule has 16 fully saturated rings.